The van der Waals surface area contributed by atoms with Gasteiger partial charge in [-0.3, -0.25) is 9.88 Å². The molecule has 0 radical (unpaired) electrons. The molecular weight excluding hydrogens is 258 g/mol. The van der Waals surface area contributed by atoms with Crippen LogP contribution in [0.25, 0.3) is 0 Å². The van der Waals surface area contributed by atoms with Crippen LogP contribution in [-0.4, -0.2) is 34.6 Å². The van der Waals surface area contributed by atoms with Crippen LogP contribution in [0.4, 0.5) is 0 Å². The smallest absolute Gasteiger partial charge is 0.0338 e. The first kappa shape index (κ1) is 15.0. The zero-order chi connectivity index (χ0) is 14.9. The monoisotopic (exact) mass is 287 g/mol. The first-order chi connectivity index (χ1) is 10.1. The molecule has 2 fully saturated rings. The van der Waals surface area contributed by atoms with Gasteiger partial charge in [0, 0.05) is 43.6 Å². The van der Waals surface area contributed by atoms with Crippen LogP contribution in [0.5, 0.6) is 0 Å². The molecule has 1 N–H and O–H groups in total. The van der Waals surface area contributed by atoms with Crippen molar-refractivity contribution in [2.45, 2.75) is 64.6 Å². The summed E-state index contributed by atoms with van der Waals surface area (Å²) < 4.78 is 0. The van der Waals surface area contributed by atoms with E-state index < -0.39 is 0 Å². The van der Waals surface area contributed by atoms with Crippen LogP contribution >= 0.6 is 0 Å². The molecule has 1 saturated heterocycles. The van der Waals surface area contributed by atoms with E-state index in [1.54, 1.807) is 0 Å². The molecule has 0 aromatic carbocycles. The molecule has 1 atom stereocenters. The Balaban J connectivity index is 1.79. The van der Waals surface area contributed by atoms with Crippen molar-refractivity contribution < 1.29 is 0 Å². The first-order valence-electron chi connectivity index (χ1n) is 8.48. The minimum Gasteiger partial charge on any atom is -0.311 e. The molecule has 0 bridgehead atoms. The Labute approximate surface area is 129 Å². The highest BCUT2D eigenvalue weighted by Crippen LogP contribution is 2.38. The summed E-state index contributed by atoms with van der Waals surface area (Å²) in [6.45, 7) is 10.2. The summed E-state index contributed by atoms with van der Waals surface area (Å²) in [5, 5.41) is 3.82. The summed E-state index contributed by atoms with van der Waals surface area (Å²) in [5.74, 6) is 0.696. The molecule has 2 heterocycles. The lowest BCUT2D eigenvalue weighted by atomic mass is 9.88. The Morgan fingerprint density at radius 1 is 1.33 bits per heavy atom. The fourth-order valence-corrected chi connectivity index (χ4v) is 4.06. The lowest BCUT2D eigenvalue weighted by Gasteiger charge is -2.49. The zero-order valence-electron chi connectivity index (χ0n) is 13.7. The summed E-state index contributed by atoms with van der Waals surface area (Å²) in [7, 11) is 0. The van der Waals surface area contributed by atoms with E-state index >= 15 is 0 Å². The Hall–Kier alpha value is -0.930. The Kier molecular flexibility index (Phi) is 4.32. The minimum absolute atomic E-state index is 0.398. The molecule has 1 aromatic rings. The number of aromatic nitrogens is 1. The van der Waals surface area contributed by atoms with Gasteiger partial charge in [-0.25, -0.2) is 0 Å². The topological polar surface area (TPSA) is 28.2 Å². The van der Waals surface area contributed by atoms with Gasteiger partial charge in [-0.05, 0) is 36.8 Å². The van der Waals surface area contributed by atoms with Gasteiger partial charge < -0.3 is 5.32 Å². The van der Waals surface area contributed by atoms with Crippen molar-refractivity contribution in [3.8, 4) is 0 Å². The molecule has 3 rings (SSSR count). The Morgan fingerprint density at radius 3 is 2.76 bits per heavy atom. The Bertz CT molecular complexity index is 477. The van der Waals surface area contributed by atoms with Crippen molar-refractivity contribution in [2.24, 2.45) is 5.92 Å². The number of nitrogens with one attached hydrogen (secondary N) is 1. The number of hydrogen-bond acceptors (Lipinski definition) is 3. The summed E-state index contributed by atoms with van der Waals surface area (Å²) in [6.07, 6.45) is 9.47. The number of piperazine rings is 1. The molecule has 1 unspecified atom stereocenters. The van der Waals surface area contributed by atoms with Gasteiger partial charge in [-0.15, -0.1) is 0 Å². The summed E-state index contributed by atoms with van der Waals surface area (Å²) >= 11 is 0. The molecular formula is C18H29N3. The van der Waals surface area contributed by atoms with Crippen molar-refractivity contribution in [3.05, 3.63) is 29.6 Å². The van der Waals surface area contributed by atoms with Crippen LogP contribution in [-0.2, 0) is 6.54 Å². The predicted molar refractivity (Wildman–Crippen MR) is 87.2 cm³/mol. The van der Waals surface area contributed by atoms with Gasteiger partial charge in [-0.2, -0.15) is 0 Å². The van der Waals surface area contributed by atoms with Crippen molar-refractivity contribution in [1.29, 1.82) is 0 Å². The molecule has 1 saturated carbocycles. The maximum atomic E-state index is 4.38. The lowest BCUT2D eigenvalue weighted by molar-refractivity contribution is 0.0260. The van der Waals surface area contributed by atoms with Crippen LogP contribution in [0.15, 0.2) is 18.5 Å². The zero-order valence-corrected chi connectivity index (χ0v) is 13.7. The predicted octanol–water partition coefficient (Wildman–Crippen LogP) is 3.13. The molecule has 3 heteroatoms. The third-order valence-electron chi connectivity index (χ3n) is 5.43. The van der Waals surface area contributed by atoms with Gasteiger partial charge in [0.1, 0.15) is 0 Å². The summed E-state index contributed by atoms with van der Waals surface area (Å²) in [5.41, 5.74) is 3.03. The van der Waals surface area contributed by atoms with Crippen LogP contribution in [0.2, 0.25) is 0 Å². The number of rotatable bonds is 3. The van der Waals surface area contributed by atoms with Crippen molar-refractivity contribution >= 4 is 0 Å². The van der Waals surface area contributed by atoms with E-state index in [0.29, 0.717) is 17.5 Å². The molecule has 1 aliphatic carbocycles. The fraction of sp³-hybridized carbons (Fsp3) is 0.722. The highest BCUT2D eigenvalue weighted by Gasteiger charge is 2.43. The van der Waals surface area contributed by atoms with Crippen molar-refractivity contribution in [2.75, 3.05) is 13.1 Å². The van der Waals surface area contributed by atoms with Gasteiger partial charge in [0.15, 0.2) is 0 Å². The van der Waals surface area contributed by atoms with E-state index in [-0.39, 0.29) is 0 Å². The SMILES string of the molecule is Cc1cncc(CN2CC(C(C)C)NCC23CCCC3)c1. The molecule has 0 amide bonds. The Morgan fingerprint density at radius 2 is 2.10 bits per heavy atom. The van der Waals surface area contributed by atoms with Gasteiger partial charge in [-0.1, -0.05) is 32.8 Å². The first-order valence-corrected chi connectivity index (χ1v) is 8.48. The number of hydrogen-bond donors (Lipinski definition) is 1. The van der Waals surface area contributed by atoms with Crippen molar-refractivity contribution in [1.82, 2.24) is 15.2 Å². The third-order valence-corrected chi connectivity index (χ3v) is 5.43. The molecule has 1 spiro atoms. The van der Waals surface area contributed by atoms with Crippen LogP contribution < -0.4 is 5.32 Å². The number of aryl methyl sites for hydroxylation is 1. The maximum absolute atomic E-state index is 4.38. The second-order valence-electron chi connectivity index (χ2n) is 7.41. The average Bonchev–Trinajstić information content (AvgIpc) is 2.91. The molecule has 3 nitrogen and oxygen atoms in total. The molecule has 21 heavy (non-hydrogen) atoms. The molecule has 2 aliphatic rings. The van der Waals surface area contributed by atoms with Gasteiger partial charge in [0.2, 0.25) is 0 Å². The molecule has 1 aromatic heterocycles. The highest BCUT2D eigenvalue weighted by atomic mass is 15.3. The second-order valence-corrected chi connectivity index (χ2v) is 7.41. The van der Waals surface area contributed by atoms with Gasteiger partial charge in [0.25, 0.3) is 0 Å². The number of pyridine rings is 1. The summed E-state index contributed by atoms with van der Waals surface area (Å²) in [4.78, 5) is 7.14. The minimum atomic E-state index is 0.398. The fourth-order valence-electron chi connectivity index (χ4n) is 4.06. The summed E-state index contributed by atoms with van der Waals surface area (Å²) in [6, 6.07) is 2.91. The van der Waals surface area contributed by atoms with Crippen LogP contribution in [0.1, 0.15) is 50.7 Å². The van der Waals surface area contributed by atoms with Crippen molar-refractivity contribution in [3.63, 3.8) is 0 Å². The highest BCUT2D eigenvalue weighted by molar-refractivity contribution is 5.17. The quantitative estimate of drug-likeness (QED) is 0.926. The number of nitrogens with zero attached hydrogens (tertiary/aromatic N) is 2. The van der Waals surface area contributed by atoms with E-state index in [2.05, 4.69) is 42.0 Å². The molecule has 116 valence electrons. The van der Waals surface area contributed by atoms with Gasteiger partial charge >= 0.3 is 0 Å². The van der Waals surface area contributed by atoms with Gasteiger partial charge in [0.05, 0.1) is 0 Å². The largest absolute Gasteiger partial charge is 0.311 e. The van der Waals surface area contributed by atoms with E-state index in [4.69, 9.17) is 0 Å². The third kappa shape index (κ3) is 3.14. The average molecular weight is 287 g/mol. The van der Waals surface area contributed by atoms with Crippen LogP contribution in [0.3, 0.4) is 0 Å². The lowest BCUT2D eigenvalue weighted by Crippen LogP contribution is -2.64. The standard InChI is InChI=1S/C18H29N3/c1-14(2)17-12-21(11-16-8-15(3)9-19-10-16)18(13-20-17)6-4-5-7-18/h8-10,14,17,20H,4-7,11-13H2,1-3H3. The maximum Gasteiger partial charge on any atom is 0.0338 e. The van der Waals surface area contributed by atoms with E-state index in [0.717, 1.165) is 13.1 Å². The normalized spacial score (nSPS) is 25.8. The van der Waals surface area contributed by atoms with Crippen LogP contribution in [0, 0.1) is 12.8 Å². The van der Waals surface area contributed by atoms with E-state index in [1.165, 1.54) is 43.4 Å². The van der Waals surface area contributed by atoms with E-state index in [9.17, 15) is 0 Å². The molecule has 1 aliphatic heterocycles. The second kappa shape index (κ2) is 6.05. The van der Waals surface area contributed by atoms with E-state index in [1.807, 2.05) is 12.4 Å².